The van der Waals surface area contributed by atoms with E-state index in [1.807, 2.05) is 0 Å². The van der Waals surface area contributed by atoms with Crippen LogP contribution in [0.2, 0.25) is 0 Å². The number of ether oxygens (including phenoxy) is 1. The molecule has 1 N–H and O–H groups in total. The van der Waals surface area contributed by atoms with E-state index in [1.54, 1.807) is 6.92 Å². The number of nitrogens with zero attached hydrogens (tertiary/aromatic N) is 1. The van der Waals surface area contributed by atoms with Gasteiger partial charge in [-0.25, -0.2) is 12.7 Å². The Balaban J connectivity index is 2.63. The second-order valence-electron chi connectivity index (χ2n) is 5.30. The lowest BCUT2D eigenvalue weighted by Gasteiger charge is -2.36. The quantitative estimate of drug-likeness (QED) is 0.715. The zero-order chi connectivity index (χ0) is 15.4. The largest absolute Gasteiger partial charge is 0.481 e. The van der Waals surface area contributed by atoms with E-state index in [9.17, 15) is 23.1 Å². The average molecular weight is 307 g/mol. The Bertz CT molecular complexity index is 474. The number of piperidine rings is 1. The highest BCUT2D eigenvalue weighted by Gasteiger charge is 2.41. The summed E-state index contributed by atoms with van der Waals surface area (Å²) < 4.78 is 30.0. The molecule has 0 bridgehead atoms. The van der Waals surface area contributed by atoms with Gasteiger partial charge in [0.05, 0.1) is 18.3 Å². The van der Waals surface area contributed by atoms with E-state index in [1.165, 1.54) is 11.4 Å². The standard InChI is InChI=1S/C12H21NO6S/c1-12(11(15)16)6-4-7-13(9-12)20(17,18)8-3-5-10(14)19-2/h3-9H2,1-2H3,(H,15,16). The molecule has 8 heteroatoms. The number of carbonyl (C=O) groups is 2. The van der Waals surface area contributed by atoms with E-state index in [4.69, 9.17) is 0 Å². The number of carboxylic acid groups (broad SMARTS) is 1. The second-order valence-corrected chi connectivity index (χ2v) is 7.39. The third-order valence-corrected chi connectivity index (χ3v) is 5.49. The van der Waals surface area contributed by atoms with Crippen molar-refractivity contribution in [3.8, 4) is 0 Å². The van der Waals surface area contributed by atoms with Gasteiger partial charge in [0.15, 0.2) is 0 Å². The number of hydrogen-bond donors (Lipinski definition) is 1. The summed E-state index contributed by atoms with van der Waals surface area (Å²) in [6.45, 7) is 1.89. The number of methoxy groups -OCH3 is 1. The molecule has 1 fully saturated rings. The zero-order valence-electron chi connectivity index (χ0n) is 11.8. The van der Waals surface area contributed by atoms with Crippen LogP contribution in [0, 0.1) is 5.41 Å². The summed E-state index contributed by atoms with van der Waals surface area (Å²) in [4.78, 5) is 22.2. The monoisotopic (exact) mass is 307 g/mol. The number of sulfonamides is 1. The normalized spacial score (nSPS) is 24.3. The molecule has 1 heterocycles. The molecule has 1 unspecified atom stereocenters. The Labute approximate surface area is 118 Å². The summed E-state index contributed by atoms with van der Waals surface area (Å²) in [6, 6.07) is 0. The van der Waals surface area contributed by atoms with Crippen molar-refractivity contribution in [2.45, 2.75) is 32.6 Å². The van der Waals surface area contributed by atoms with Crippen molar-refractivity contribution in [1.82, 2.24) is 4.31 Å². The van der Waals surface area contributed by atoms with Gasteiger partial charge in [0.25, 0.3) is 0 Å². The molecular formula is C12H21NO6S. The van der Waals surface area contributed by atoms with Gasteiger partial charge in [-0.15, -0.1) is 0 Å². The lowest BCUT2D eigenvalue weighted by Crippen LogP contribution is -2.48. The molecule has 0 amide bonds. The zero-order valence-corrected chi connectivity index (χ0v) is 12.6. The molecule has 20 heavy (non-hydrogen) atoms. The molecule has 0 aliphatic carbocycles. The van der Waals surface area contributed by atoms with Crippen LogP contribution in [0.15, 0.2) is 0 Å². The van der Waals surface area contributed by atoms with Gasteiger partial charge in [0, 0.05) is 19.5 Å². The number of esters is 1. The summed E-state index contributed by atoms with van der Waals surface area (Å²) in [5.41, 5.74) is -1.03. The van der Waals surface area contributed by atoms with E-state index < -0.39 is 27.4 Å². The summed E-state index contributed by atoms with van der Waals surface area (Å²) in [7, 11) is -2.28. The fourth-order valence-corrected chi connectivity index (χ4v) is 3.89. The van der Waals surface area contributed by atoms with Gasteiger partial charge >= 0.3 is 11.9 Å². The van der Waals surface area contributed by atoms with Crippen molar-refractivity contribution in [3.05, 3.63) is 0 Å². The molecular weight excluding hydrogens is 286 g/mol. The SMILES string of the molecule is COC(=O)CCCS(=O)(=O)N1CCCC(C)(C(=O)O)C1. The van der Waals surface area contributed by atoms with Crippen molar-refractivity contribution in [3.63, 3.8) is 0 Å². The first-order valence-corrected chi connectivity index (χ1v) is 8.10. The molecule has 1 aliphatic rings. The molecule has 0 aromatic carbocycles. The molecule has 1 atom stereocenters. The first-order valence-electron chi connectivity index (χ1n) is 6.49. The van der Waals surface area contributed by atoms with Crippen molar-refractivity contribution >= 4 is 22.0 Å². The van der Waals surface area contributed by atoms with Crippen LogP contribution >= 0.6 is 0 Å². The maximum atomic E-state index is 12.1. The maximum Gasteiger partial charge on any atom is 0.310 e. The molecule has 116 valence electrons. The highest BCUT2D eigenvalue weighted by molar-refractivity contribution is 7.89. The summed E-state index contributed by atoms with van der Waals surface area (Å²) in [6.07, 6.45) is 1.21. The highest BCUT2D eigenvalue weighted by Crippen LogP contribution is 2.31. The minimum atomic E-state index is -3.53. The molecule has 0 saturated carbocycles. The lowest BCUT2D eigenvalue weighted by molar-refractivity contribution is -0.150. The fourth-order valence-electron chi connectivity index (χ4n) is 2.23. The number of carboxylic acids is 1. The first-order chi connectivity index (χ1) is 9.21. The van der Waals surface area contributed by atoms with Crippen LogP contribution in [-0.2, 0) is 24.3 Å². The van der Waals surface area contributed by atoms with Crippen molar-refractivity contribution in [1.29, 1.82) is 0 Å². The molecule has 0 aromatic rings. The van der Waals surface area contributed by atoms with E-state index in [2.05, 4.69) is 4.74 Å². The Morgan fingerprint density at radius 2 is 2.05 bits per heavy atom. The number of rotatable bonds is 6. The summed E-state index contributed by atoms with van der Waals surface area (Å²) >= 11 is 0. The number of aliphatic carboxylic acids is 1. The highest BCUT2D eigenvalue weighted by atomic mass is 32.2. The van der Waals surface area contributed by atoms with Gasteiger partial charge in [0.2, 0.25) is 10.0 Å². The van der Waals surface area contributed by atoms with E-state index >= 15 is 0 Å². The Morgan fingerprint density at radius 1 is 1.40 bits per heavy atom. The van der Waals surface area contributed by atoms with E-state index in [0.717, 1.165) is 0 Å². The van der Waals surface area contributed by atoms with E-state index in [0.29, 0.717) is 19.4 Å². The lowest BCUT2D eigenvalue weighted by atomic mass is 9.83. The van der Waals surface area contributed by atoms with E-state index in [-0.39, 0.29) is 25.1 Å². The van der Waals surface area contributed by atoms with Crippen molar-refractivity contribution in [2.75, 3.05) is 26.0 Å². The van der Waals surface area contributed by atoms with Gasteiger partial charge in [-0.2, -0.15) is 0 Å². The minimum Gasteiger partial charge on any atom is -0.481 e. The van der Waals surface area contributed by atoms with Crippen LogP contribution in [0.25, 0.3) is 0 Å². The van der Waals surface area contributed by atoms with Gasteiger partial charge in [-0.3, -0.25) is 9.59 Å². The van der Waals surface area contributed by atoms with Gasteiger partial charge in [-0.1, -0.05) is 0 Å². The molecule has 1 aliphatic heterocycles. The molecule has 0 spiro atoms. The second kappa shape index (κ2) is 6.53. The Morgan fingerprint density at radius 3 is 2.60 bits per heavy atom. The molecule has 1 rings (SSSR count). The third kappa shape index (κ3) is 4.17. The molecule has 0 aromatic heterocycles. The van der Waals surface area contributed by atoms with Crippen LogP contribution < -0.4 is 0 Å². The molecule has 1 saturated heterocycles. The summed E-state index contributed by atoms with van der Waals surface area (Å²) in [5, 5.41) is 9.18. The van der Waals surface area contributed by atoms with Crippen LogP contribution in [0.4, 0.5) is 0 Å². The van der Waals surface area contributed by atoms with Crippen LogP contribution in [0.3, 0.4) is 0 Å². The summed E-state index contributed by atoms with van der Waals surface area (Å²) in [5.74, 6) is -1.60. The van der Waals surface area contributed by atoms with Crippen molar-refractivity contribution < 1.29 is 27.9 Å². The van der Waals surface area contributed by atoms with Crippen LogP contribution in [0.1, 0.15) is 32.6 Å². The predicted molar refractivity (Wildman–Crippen MR) is 71.6 cm³/mol. The smallest absolute Gasteiger partial charge is 0.310 e. The minimum absolute atomic E-state index is 0.0110. The third-order valence-electron chi connectivity index (χ3n) is 3.58. The van der Waals surface area contributed by atoms with Crippen LogP contribution in [0.5, 0.6) is 0 Å². The average Bonchev–Trinajstić information content (AvgIpc) is 2.38. The Kier molecular flexibility index (Phi) is 5.52. The molecule has 7 nitrogen and oxygen atoms in total. The number of hydrogen-bond acceptors (Lipinski definition) is 5. The van der Waals surface area contributed by atoms with Gasteiger partial charge in [0.1, 0.15) is 0 Å². The van der Waals surface area contributed by atoms with Gasteiger partial charge in [-0.05, 0) is 26.2 Å². The Hall–Kier alpha value is -1.15. The maximum absolute atomic E-state index is 12.1. The topological polar surface area (TPSA) is 101 Å². The predicted octanol–water partition coefficient (Wildman–Crippen LogP) is 0.456. The van der Waals surface area contributed by atoms with Gasteiger partial charge < -0.3 is 9.84 Å². The fraction of sp³-hybridized carbons (Fsp3) is 0.833. The first kappa shape index (κ1) is 16.9. The number of carbonyl (C=O) groups excluding carboxylic acids is 1. The molecule has 0 radical (unpaired) electrons. The van der Waals surface area contributed by atoms with Crippen LogP contribution in [-0.4, -0.2) is 55.7 Å². The van der Waals surface area contributed by atoms with Crippen molar-refractivity contribution in [2.24, 2.45) is 5.41 Å².